The summed E-state index contributed by atoms with van der Waals surface area (Å²) in [6.45, 7) is 3.55. The van der Waals surface area contributed by atoms with Crippen LogP contribution >= 0.6 is 0 Å². The predicted molar refractivity (Wildman–Crippen MR) is 94.2 cm³/mol. The number of anilines is 1. The molecule has 0 unspecified atom stereocenters. The Morgan fingerprint density at radius 1 is 1.24 bits per heavy atom. The molecule has 2 aliphatic rings. The summed E-state index contributed by atoms with van der Waals surface area (Å²) in [5.74, 6) is 0.897. The lowest BCUT2D eigenvalue weighted by atomic mass is 9.76. The molecule has 0 aliphatic carbocycles. The fourth-order valence-corrected chi connectivity index (χ4v) is 4.04. The Bertz CT molecular complexity index is 782. The molecule has 2 aliphatic heterocycles. The molecule has 0 bridgehead atoms. The molecule has 0 radical (unpaired) electrons. The quantitative estimate of drug-likeness (QED) is 0.835. The highest BCUT2D eigenvalue weighted by Gasteiger charge is 2.52. The molecule has 2 aromatic rings. The van der Waals surface area contributed by atoms with Crippen molar-refractivity contribution in [2.45, 2.75) is 25.0 Å². The van der Waals surface area contributed by atoms with E-state index in [2.05, 4.69) is 27.0 Å². The molecule has 0 N–H and O–H groups in total. The van der Waals surface area contributed by atoms with Crippen LogP contribution in [0.3, 0.4) is 0 Å². The van der Waals surface area contributed by atoms with Crippen LogP contribution in [-0.4, -0.2) is 53.6 Å². The van der Waals surface area contributed by atoms with Crippen LogP contribution in [0.4, 0.5) is 5.82 Å². The van der Waals surface area contributed by atoms with Crippen molar-refractivity contribution in [2.75, 3.05) is 31.6 Å². The van der Waals surface area contributed by atoms with Gasteiger partial charge in [-0.05, 0) is 18.9 Å². The first kappa shape index (κ1) is 16.0. The van der Waals surface area contributed by atoms with Crippen molar-refractivity contribution in [1.82, 2.24) is 14.9 Å². The Balaban J connectivity index is 1.70. The van der Waals surface area contributed by atoms with E-state index in [1.54, 1.807) is 12.4 Å². The second kappa shape index (κ2) is 6.11. The van der Waals surface area contributed by atoms with Gasteiger partial charge in [0.15, 0.2) is 0 Å². The molecule has 2 fully saturated rings. The monoisotopic (exact) mass is 338 g/mol. The van der Waals surface area contributed by atoms with Gasteiger partial charge in [0.25, 0.3) is 0 Å². The zero-order valence-electron chi connectivity index (χ0n) is 14.6. The van der Waals surface area contributed by atoms with E-state index in [-0.39, 0.29) is 18.6 Å². The van der Waals surface area contributed by atoms with Crippen molar-refractivity contribution >= 4 is 11.7 Å². The van der Waals surface area contributed by atoms with Gasteiger partial charge >= 0.3 is 0 Å². The second-order valence-corrected chi connectivity index (χ2v) is 6.76. The molecule has 4 rings (SSSR count). The number of nitrogens with zero attached hydrogens (tertiary/aromatic N) is 4. The van der Waals surface area contributed by atoms with Gasteiger partial charge in [0.1, 0.15) is 18.5 Å². The lowest BCUT2D eigenvalue weighted by molar-refractivity contribution is -0.173. The molecule has 2 atom stereocenters. The minimum absolute atomic E-state index is 0.0314. The van der Waals surface area contributed by atoms with Crippen LogP contribution in [0.5, 0.6) is 0 Å². The first-order chi connectivity index (χ1) is 12.1. The van der Waals surface area contributed by atoms with E-state index < -0.39 is 5.54 Å². The Morgan fingerprint density at radius 3 is 2.80 bits per heavy atom. The van der Waals surface area contributed by atoms with E-state index in [1.165, 1.54) is 0 Å². The summed E-state index contributed by atoms with van der Waals surface area (Å²) in [7, 11) is 1.90. The molecule has 25 heavy (non-hydrogen) atoms. The molecule has 1 aromatic heterocycles. The van der Waals surface area contributed by atoms with Gasteiger partial charge in [-0.3, -0.25) is 9.78 Å². The average Bonchev–Trinajstić information content (AvgIpc) is 2.65. The molecule has 0 spiro atoms. The first-order valence-corrected chi connectivity index (χ1v) is 8.58. The number of ether oxygens (including phenoxy) is 1. The molecule has 1 amide bonds. The number of aryl methyl sites for hydroxylation is 1. The molecule has 130 valence electrons. The highest BCUT2D eigenvalue weighted by Crippen LogP contribution is 2.42. The Morgan fingerprint density at radius 2 is 2.04 bits per heavy atom. The fourth-order valence-electron chi connectivity index (χ4n) is 4.04. The summed E-state index contributed by atoms with van der Waals surface area (Å²) >= 11 is 0. The molecule has 6 nitrogen and oxygen atoms in total. The molecule has 0 saturated carbocycles. The van der Waals surface area contributed by atoms with Crippen molar-refractivity contribution in [3.8, 4) is 0 Å². The van der Waals surface area contributed by atoms with E-state index in [1.807, 2.05) is 37.1 Å². The smallest absolute Gasteiger partial charge is 0.249 e. The van der Waals surface area contributed by atoms with Crippen molar-refractivity contribution in [3.05, 3.63) is 54.0 Å². The first-order valence-electron chi connectivity index (χ1n) is 8.58. The van der Waals surface area contributed by atoms with E-state index >= 15 is 0 Å². The number of carbonyl (C=O) groups excluding carboxylic acids is 1. The molecule has 1 aromatic carbocycles. The van der Waals surface area contributed by atoms with Crippen LogP contribution in [0.2, 0.25) is 0 Å². The number of hydrogen-bond donors (Lipinski definition) is 0. The van der Waals surface area contributed by atoms with Gasteiger partial charge in [-0.15, -0.1) is 0 Å². The number of aromatic nitrogens is 2. The van der Waals surface area contributed by atoms with Gasteiger partial charge in [0.2, 0.25) is 5.91 Å². The summed E-state index contributed by atoms with van der Waals surface area (Å²) in [6, 6.07) is 10.2. The number of benzene rings is 1. The summed E-state index contributed by atoms with van der Waals surface area (Å²) < 4.78 is 6.02. The van der Waals surface area contributed by atoms with Gasteiger partial charge < -0.3 is 14.5 Å². The molecular formula is C19H22N4O2. The van der Waals surface area contributed by atoms with E-state index in [4.69, 9.17) is 4.74 Å². The van der Waals surface area contributed by atoms with Gasteiger partial charge in [-0.2, -0.15) is 0 Å². The van der Waals surface area contributed by atoms with Crippen LogP contribution in [0.1, 0.15) is 17.7 Å². The number of morpholine rings is 1. The normalized spacial score (nSPS) is 26.5. The summed E-state index contributed by atoms with van der Waals surface area (Å²) in [4.78, 5) is 25.3. The third-order valence-electron chi connectivity index (χ3n) is 5.40. The minimum Gasteiger partial charge on any atom is -0.364 e. The Hall–Kier alpha value is -2.47. The van der Waals surface area contributed by atoms with Crippen LogP contribution < -0.4 is 4.90 Å². The summed E-state index contributed by atoms with van der Waals surface area (Å²) in [6.07, 6.45) is 4.24. The van der Waals surface area contributed by atoms with Crippen LogP contribution in [-0.2, 0) is 15.1 Å². The van der Waals surface area contributed by atoms with E-state index in [0.29, 0.717) is 6.54 Å². The Kier molecular flexibility index (Phi) is 3.92. The van der Waals surface area contributed by atoms with Gasteiger partial charge in [0, 0.05) is 26.3 Å². The number of fused-ring (bicyclic) bond motifs is 1. The van der Waals surface area contributed by atoms with Gasteiger partial charge in [-0.1, -0.05) is 30.3 Å². The zero-order chi connectivity index (χ0) is 17.4. The van der Waals surface area contributed by atoms with Gasteiger partial charge in [-0.25, -0.2) is 4.98 Å². The van der Waals surface area contributed by atoms with Crippen molar-refractivity contribution in [2.24, 2.45) is 0 Å². The number of likely N-dealkylation sites (N-methyl/N-ethyl adjacent to an activating group) is 1. The lowest BCUT2D eigenvalue weighted by Crippen LogP contribution is -2.67. The van der Waals surface area contributed by atoms with Crippen molar-refractivity contribution in [3.63, 3.8) is 0 Å². The second-order valence-electron chi connectivity index (χ2n) is 6.76. The third kappa shape index (κ3) is 2.57. The maximum atomic E-state index is 12.4. The number of hydrogen-bond acceptors (Lipinski definition) is 5. The zero-order valence-corrected chi connectivity index (χ0v) is 14.6. The van der Waals surface area contributed by atoms with Gasteiger partial charge in [0.05, 0.1) is 17.4 Å². The van der Waals surface area contributed by atoms with Crippen LogP contribution in [0, 0.1) is 6.92 Å². The topological polar surface area (TPSA) is 58.6 Å². The molecule has 6 heteroatoms. The maximum absolute atomic E-state index is 12.4. The van der Waals surface area contributed by atoms with Crippen LogP contribution in [0.25, 0.3) is 0 Å². The summed E-state index contributed by atoms with van der Waals surface area (Å²) in [5.41, 5.74) is 1.60. The number of piperidine rings is 1. The maximum Gasteiger partial charge on any atom is 0.249 e. The average molecular weight is 338 g/mol. The van der Waals surface area contributed by atoms with Crippen molar-refractivity contribution < 1.29 is 9.53 Å². The van der Waals surface area contributed by atoms with Crippen LogP contribution in [0.15, 0.2) is 42.7 Å². The van der Waals surface area contributed by atoms with E-state index in [9.17, 15) is 4.79 Å². The number of carbonyl (C=O) groups is 1. The summed E-state index contributed by atoms with van der Waals surface area (Å²) in [5, 5.41) is 0. The number of amides is 1. The standard InChI is InChI=1S/C19H22N4O2/c1-14-10-20-11-17(21-14)23-9-8-19(15-6-4-3-5-7-15)16(12-23)25-13-18(24)22(19)2/h3-7,10-11,16H,8-9,12-13H2,1-2H3/t16-,19+/m1/s1. The third-order valence-corrected chi connectivity index (χ3v) is 5.40. The fraction of sp³-hybridized carbons (Fsp3) is 0.421. The van der Waals surface area contributed by atoms with Crippen molar-refractivity contribution in [1.29, 1.82) is 0 Å². The predicted octanol–water partition coefficient (Wildman–Crippen LogP) is 1.75. The minimum atomic E-state index is -0.426. The molecular weight excluding hydrogens is 316 g/mol. The highest BCUT2D eigenvalue weighted by atomic mass is 16.5. The molecule has 2 saturated heterocycles. The SMILES string of the molecule is Cc1cncc(N2CC[C@]3(c4ccccc4)[C@@H](C2)OCC(=O)N3C)n1. The number of rotatable bonds is 2. The Labute approximate surface area is 147 Å². The largest absolute Gasteiger partial charge is 0.364 e. The highest BCUT2D eigenvalue weighted by molar-refractivity contribution is 5.79. The molecule has 3 heterocycles. The lowest BCUT2D eigenvalue weighted by Gasteiger charge is -2.55. The van der Waals surface area contributed by atoms with E-state index in [0.717, 1.165) is 30.0 Å².